The third-order valence-corrected chi connectivity index (χ3v) is 13.4. The largest absolute Gasteiger partial charge is 0.310 e. The SMILES string of the molecule is C1=CC(/C(=C\c2cc3ccccc3n2-c2ccccc2)c2ccc(-c3cc4c5ccccc5n(-c5nc(-c6ccccc6)c6ccccc6n5)c4c4ccccc34)c3ccccc23)=CCC1. The van der Waals surface area contributed by atoms with E-state index >= 15 is 0 Å². The normalized spacial score (nSPS) is 13.2. The van der Waals surface area contributed by atoms with Gasteiger partial charge in [-0.25, -0.2) is 9.97 Å². The minimum absolute atomic E-state index is 0.656. The third kappa shape index (κ3) is 6.14. The smallest absolute Gasteiger partial charge is 0.235 e. The van der Waals surface area contributed by atoms with Gasteiger partial charge in [-0.05, 0) is 105 Å². The summed E-state index contributed by atoms with van der Waals surface area (Å²) < 4.78 is 4.68. The van der Waals surface area contributed by atoms with Crippen molar-refractivity contribution in [2.75, 3.05) is 0 Å². The Kier molecular flexibility index (Phi) is 8.95. The monoisotopic (exact) mass is 842 g/mol. The molecule has 0 fully saturated rings. The molecule has 1 aliphatic carbocycles. The van der Waals surface area contributed by atoms with E-state index in [2.05, 4.69) is 240 Å². The topological polar surface area (TPSA) is 35.6 Å². The van der Waals surface area contributed by atoms with E-state index in [1.54, 1.807) is 0 Å². The van der Waals surface area contributed by atoms with Gasteiger partial charge in [-0.3, -0.25) is 4.57 Å². The predicted octanol–water partition coefficient (Wildman–Crippen LogP) is 16.1. The van der Waals surface area contributed by atoms with Crippen LogP contribution in [0.25, 0.3) is 111 Å². The van der Waals surface area contributed by atoms with Crippen LogP contribution in [0.5, 0.6) is 0 Å². The molecule has 0 N–H and O–H groups in total. The number of para-hydroxylation sites is 4. The summed E-state index contributed by atoms with van der Waals surface area (Å²) in [4.78, 5) is 10.7. The number of hydrogen-bond acceptors (Lipinski definition) is 2. The molecule has 0 aliphatic heterocycles. The Hall–Kier alpha value is -8.60. The van der Waals surface area contributed by atoms with Gasteiger partial charge in [-0.2, -0.15) is 0 Å². The molecule has 4 nitrogen and oxygen atoms in total. The molecule has 310 valence electrons. The fraction of sp³-hybridized carbons (Fsp3) is 0.0323. The second-order valence-corrected chi connectivity index (χ2v) is 17.2. The predicted molar refractivity (Wildman–Crippen MR) is 277 cm³/mol. The highest BCUT2D eigenvalue weighted by molar-refractivity contribution is 6.23. The Morgan fingerprint density at radius 3 is 1.91 bits per heavy atom. The van der Waals surface area contributed by atoms with Gasteiger partial charge in [0, 0.05) is 43.9 Å². The maximum absolute atomic E-state index is 5.41. The lowest BCUT2D eigenvalue weighted by molar-refractivity contribution is 1.02. The lowest BCUT2D eigenvalue weighted by atomic mass is 9.86. The van der Waals surface area contributed by atoms with Crippen LogP contribution in [0.2, 0.25) is 0 Å². The van der Waals surface area contributed by atoms with E-state index in [1.165, 1.54) is 54.9 Å². The van der Waals surface area contributed by atoms with Crippen LogP contribution < -0.4 is 0 Å². The lowest BCUT2D eigenvalue weighted by Crippen LogP contribution is -2.03. The maximum atomic E-state index is 5.41. The van der Waals surface area contributed by atoms with Crippen molar-refractivity contribution in [2.45, 2.75) is 12.8 Å². The van der Waals surface area contributed by atoms with Crippen molar-refractivity contribution in [3.63, 3.8) is 0 Å². The highest BCUT2D eigenvalue weighted by atomic mass is 15.2. The van der Waals surface area contributed by atoms with Crippen molar-refractivity contribution in [1.82, 2.24) is 19.1 Å². The van der Waals surface area contributed by atoms with Gasteiger partial charge in [-0.15, -0.1) is 0 Å². The molecule has 3 heterocycles. The molecule has 12 aromatic rings. The number of fused-ring (bicyclic) bond motifs is 8. The van der Waals surface area contributed by atoms with Gasteiger partial charge in [0.1, 0.15) is 0 Å². The van der Waals surface area contributed by atoms with E-state index in [0.29, 0.717) is 5.95 Å². The second-order valence-electron chi connectivity index (χ2n) is 17.2. The molecule has 0 spiro atoms. The molecule has 3 aromatic heterocycles. The van der Waals surface area contributed by atoms with Crippen LogP contribution in [0.1, 0.15) is 24.1 Å². The zero-order valence-electron chi connectivity index (χ0n) is 36.1. The summed E-state index contributed by atoms with van der Waals surface area (Å²) in [6.07, 6.45) is 11.5. The molecule has 0 unspecified atom stereocenters. The van der Waals surface area contributed by atoms with Crippen molar-refractivity contribution < 1.29 is 0 Å². The fourth-order valence-corrected chi connectivity index (χ4v) is 10.4. The summed E-state index contributed by atoms with van der Waals surface area (Å²) in [6.45, 7) is 0. The van der Waals surface area contributed by atoms with Gasteiger partial charge in [0.2, 0.25) is 5.95 Å². The van der Waals surface area contributed by atoms with Crippen LogP contribution in [0.15, 0.2) is 230 Å². The van der Waals surface area contributed by atoms with Crippen LogP contribution in [-0.4, -0.2) is 19.1 Å². The van der Waals surface area contributed by atoms with Gasteiger partial charge < -0.3 is 4.57 Å². The molecule has 13 rings (SSSR count). The molecule has 1 aliphatic rings. The molecule has 4 heteroatoms. The van der Waals surface area contributed by atoms with Gasteiger partial charge in [0.15, 0.2) is 0 Å². The Balaban J connectivity index is 1.05. The molecule has 0 bridgehead atoms. The zero-order chi connectivity index (χ0) is 43.6. The van der Waals surface area contributed by atoms with E-state index in [0.717, 1.165) is 73.6 Å². The van der Waals surface area contributed by atoms with E-state index in [9.17, 15) is 0 Å². The van der Waals surface area contributed by atoms with Gasteiger partial charge in [-0.1, -0.05) is 182 Å². The first-order valence-electron chi connectivity index (χ1n) is 22.8. The van der Waals surface area contributed by atoms with Crippen LogP contribution >= 0.6 is 0 Å². The Morgan fingerprint density at radius 1 is 0.470 bits per heavy atom. The molecule has 0 atom stereocenters. The number of allylic oxidation sites excluding steroid dienone is 5. The van der Waals surface area contributed by atoms with Gasteiger partial charge in [0.05, 0.1) is 27.8 Å². The number of benzene rings is 9. The minimum atomic E-state index is 0.656. The first-order chi connectivity index (χ1) is 32.8. The molecule has 66 heavy (non-hydrogen) atoms. The minimum Gasteiger partial charge on any atom is -0.310 e. The summed E-state index contributed by atoms with van der Waals surface area (Å²) in [5.74, 6) is 0.656. The maximum Gasteiger partial charge on any atom is 0.235 e. The first kappa shape index (κ1) is 37.9. The Labute approximate surface area is 382 Å². The molecule has 9 aromatic carbocycles. The quantitative estimate of drug-likeness (QED) is 0.160. The van der Waals surface area contributed by atoms with Gasteiger partial charge in [0.25, 0.3) is 0 Å². The number of rotatable bonds is 7. The highest BCUT2D eigenvalue weighted by Gasteiger charge is 2.23. The average molecular weight is 843 g/mol. The van der Waals surface area contributed by atoms with Gasteiger partial charge >= 0.3 is 0 Å². The Bertz CT molecular complexity index is 3980. The fourth-order valence-electron chi connectivity index (χ4n) is 10.4. The standard InChI is InChI=1S/C62H42N4/c1-4-20-41(21-5-1)54(39-45-38-43-24-10-18-34-58(43)65(45)44-25-8-3-9-26-44)49-36-37-50(47-28-12-11-27-46(47)49)55-40-56-51-30-16-19-35-59(51)66(61(56)52-31-14-13-29-48(52)55)62-63-57-33-17-15-32-53(57)60(64-62)42-22-6-2-7-23-42/h2-4,6-40H,1,5H2/b54-39+. The molecule has 0 saturated carbocycles. The summed E-state index contributed by atoms with van der Waals surface area (Å²) in [5.41, 5.74) is 14.6. The van der Waals surface area contributed by atoms with Crippen LogP contribution in [0, 0.1) is 0 Å². The van der Waals surface area contributed by atoms with Crippen LogP contribution in [0.4, 0.5) is 0 Å². The summed E-state index contributed by atoms with van der Waals surface area (Å²) >= 11 is 0. The first-order valence-corrected chi connectivity index (χ1v) is 22.8. The number of aromatic nitrogens is 4. The van der Waals surface area contributed by atoms with Crippen LogP contribution in [-0.2, 0) is 0 Å². The zero-order valence-corrected chi connectivity index (χ0v) is 36.1. The van der Waals surface area contributed by atoms with E-state index in [-0.39, 0.29) is 0 Å². The van der Waals surface area contributed by atoms with Crippen LogP contribution in [0.3, 0.4) is 0 Å². The van der Waals surface area contributed by atoms with Crippen molar-refractivity contribution >= 4 is 76.8 Å². The summed E-state index contributed by atoms with van der Waals surface area (Å²) in [5, 5.41) is 9.33. The van der Waals surface area contributed by atoms with E-state index < -0.39 is 0 Å². The van der Waals surface area contributed by atoms with Crippen molar-refractivity contribution in [3.8, 4) is 34.0 Å². The van der Waals surface area contributed by atoms with Crippen molar-refractivity contribution in [1.29, 1.82) is 0 Å². The highest BCUT2D eigenvalue weighted by Crippen LogP contribution is 2.45. The molecular weight excluding hydrogens is 801 g/mol. The second kappa shape index (κ2) is 15.6. The lowest BCUT2D eigenvalue weighted by Gasteiger charge is -2.19. The summed E-state index contributed by atoms with van der Waals surface area (Å²) in [6, 6.07) is 74.2. The molecule has 0 amide bonds. The van der Waals surface area contributed by atoms with E-state index in [4.69, 9.17) is 9.97 Å². The molecule has 0 saturated heterocycles. The Morgan fingerprint density at radius 2 is 1.12 bits per heavy atom. The molecular formula is C62H42N4. The molecule has 0 radical (unpaired) electrons. The summed E-state index contributed by atoms with van der Waals surface area (Å²) in [7, 11) is 0. The third-order valence-electron chi connectivity index (χ3n) is 13.4. The van der Waals surface area contributed by atoms with E-state index in [1.807, 2.05) is 0 Å². The average Bonchev–Trinajstić information content (AvgIpc) is 3.93. The van der Waals surface area contributed by atoms with Crippen molar-refractivity contribution in [2.24, 2.45) is 0 Å². The number of hydrogen-bond donors (Lipinski definition) is 0. The van der Waals surface area contributed by atoms with Crippen molar-refractivity contribution in [3.05, 3.63) is 241 Å². The number of nitrogens with zero attached hydrogens (tertiary/aromatic N) is 4.